The van der Waals surface area contributed by atoms with E-state index in [0.29, 0.717) is 5.69 Å². The molecule has 0 bridgehead atoms. The van der Waals surface area contributed by atoms with Crippen molar-refractivity contribution < 1.29 is 41.5 Å². The summed E-state index contributed by atoms with van der Waals surface area (Å²) in [5.41, 5.74) is 0.431. The fourth-order valence-corrected chi connectivity index (χ4v) is 5.79. The molecule has 2 aromatic heterocycles. The topological polar surface area (TPSA) is 143 Å². The Balaban J connectivity index is 2.05. The SMILES string of the molecule is COC(=O)c1cc(OC)c(OC)c(OC)c1CC(=O)c1sccc1S(=O)(=O)Nc1onc(C)c1Cl. The van der Waals surface area contributed by atoms with E-state index in [9.17, 15) is 18.0 Å². The normalized spacial score (nSPS) is 11.1. The van der Waals surface area contributed by atoms with Crippen LogP contribution in [0, 0.1) is 6.92 Å². The van der Waals surface area contributed by atoms with E-state index in [0.717, 1.165) is 11.3 Å². The third kappa shape index (κ3) is 5.06. The lowest BCUT2D eigenvalue weighted by Crippen LogP contribution is -2.17. The molecule has 0 amide bonds. The first-order valence-corrected chi connectivity index (χ1v) is 12.5. The second kappa shape index (κ2) is 10.5. The van der Waals surface area contributed by atoms with Crippen molar-refractivity contribution in [3.05, 3.63) is 44.2 Å². The predicted octanol–water partition coefficient (Wildman–Crippen LogP) is 3.74. The predicted molar refractivity (Wildman–Crippen MR) is 127 cm³/mol. The third-order valence-electron chi connectivity index (χ3n) is 4.87. The number of thiophene rings is 1. The highest BCUT2D eigenvalue weighted by Gasteiger charge is 2.30. The number of anilines is 1. The summed E-state index contributed by atoms with van der Waals surface area (Å²) in [6.45, 7) is 1.54. The number of carbonyl (C=O) groups is 2. The van der Waals surface area contributed by atoms with Gasteiger partial charge in [-0.05, 0) is 24.4 Å². The summed E-state index contributed by atoms with van der Waals surface area (Å²) in [7, 11) is 1.00. The van der Waals surface area contributed by atoms with Crippen molar-refractivity contribution >= 4 is 50.6 Å². The Morgan fingerprint density at radius 1 is 1.14 bits per heavy atom. The Morgan fingerprint density at radius 2 is 1.83 bits per heavy atom. The molecule has 188 valence electrons. The number of nitrogens with zero attached hydrogens (tertiary/aromatic N) is 1. The van der Waals surface area contributed by atoms with Crippen molar-refractivity contribution in [1.29, 1.82) is 0 Å². The van der Waals surface area contributed by atoms with Crippen LogP contribution < -0.4 is 18.9 Å². The number of halogens is 1. The quantitative estimate of drug-likeness (QED) is 0.296. The fraction of sp³-hybridized carbons (Fsp3) is 0.286. The highest BCUT2D eigenvalue weighted by atomic mass is 35.5. The van der Waals surface area contributed by atoms with Crippen LogP contribution in [0.25, 0.3) is 0 Å². The van der Waals surface area contributed by atoms with Crippen LogP contribution in [0.5, 0.6) is 17.2 Å². The first-order valence-electron chi connectivity index (χ1n) is 9.74. The molecule has 0 aliphatic carbocycles. The van der Waals surface area contributed by atoms with Crippen LogP contribution in [0.4, 0.5) is 5.88 Å². The van der Waals surface area contributed by atoms with Crippen LogP contribution in [0.3, 0.4) is 0 Å². The van der Waals surface area contributed by atoms with Gasteiger partial charge in [0, 0.05) is 12.0 Å². The van der Waals surface area contributed by atoms with Crippen LogP contribution in [-0.4, -0.2) is 53.8 Å². The summed E-state index contributed by atoms with van der Waals surface area (Å²) in [5.74, 6) is -1.21. The molecule has 11 nitrogen and oxygen atoms in total. The smallest absolute Gasteiger partial charge is 0.338 e. The number of aryl methyl sites for hydroxylation is 1. The van der Waals surface area contributed by atoms with Crippen molar-refractivity contribution in [3.63, 3.8) is 0 Å². The van der Waals surface area contributed by atoms with E-state index in [1.54, 1.807) is 6.92 Å². The molecule has 0 aliphatic heterocycles. The Morgan fingerprint density at radius 3 is 2.37 bits per heavy atom. The van der Waals surface area contributed by atoms with Crippen LogP contribution in [0.1, 0.15) is 31.3 Å². The molecule has 3 rings (SSSR count). The highest BCUT2D eigenvalue weighted by Crippen LogP contribution is 2.43. The summed E-state index contributed by atoms with van der Waals surface area (Å²) >= 11 is 6.92. The summed E-state index contributed by atoms with van der Waals surface area (Å²) in [6, 6.07) is 2.63. The lowest BCUT2D eigenvalue weighted by molar-refractivity contribution is 0.0598. The first kappa shape index (κ1) is 26.3. The minimum atomic E-state index is -4.26. The van der Waals surface area contributed by atoms with Gasteiger partial charge in [-0.25, -0.2) is 17.9 Å². The average molecular weight is 545 g/mol. The molecule has 0 atom stereocenters. The molecule has 1 aromatic carbocycles. The van der Waals surface area contributed by atoms with Crippen LogP contribution in [0.15, 0.2) is 26.9 Å². The van der Waals surface area contributed by atoms with Gasteiger partial charge >= 0.3 is 5.97 Å². The number of hydrogen-bond acceptors (Lipinski definition) is 11. The van der Waals surface area contributed by atoms with Crippen LogP contribution in [0.2, 0.25) is 5.02 Å². The van der Waals surface area contributed by atoms with E-state index in [-0.39, 0.29) is 49.1 Å². The van der Waals surface area contributed by atoms with E-state index in [1.807, 2.05) is 0 Å². The molecule has 0 radical (unpaired) electrons. The van der Waals surface area contributed by atoms with Gasteiger partial charge in [0.1, 0.15) is 15.6 Å². The Hall–Kier alpha value is -3.29. The lowest BCUT2D eigenvalue weighted by Gasteiger charge is -2.18. The number of sulfonamides is 1. The zero-order valence-corrected chi connectivity index (χ0v) is 21.6. The monoisotopic (exact) mass is 544 g/mol. The number of rotatable bonds is 10. The first-order chi connectivity index (χ1) is 16.6. The van der Waals surface area contributed by atoms with Gasteiger partial charge in [-0.3, -0.25) is 4.79 Å². The number of carbonyl (C=O) groups excluding carboxylic acids is 2. The van der Waals surface area contributed by atoms with Crippen molar-refractivity contribution in [3.8, 4) is 17.2 Å². The Bertz CT molecular complexity index is 1380. The molecule has 0 spiro atoms. The van der Waals surface area contributed by atoms with Crippen molar-refractivity contribution in [1.82, 2.24) is 5.16 Å². The zero-order chi connectivity index (χ0) is 25.9. The average Bonchev–Trinajstić information content (AvgIpc) is 3.46. The van der Waals surface area contributed by atoms with Crippen molar-refractivity contribution in [2.75, 3.05) is 33.2 Å². The van der Waals surface area contributed by atoms with Gasteiger partial charge in [-0.2, -0.15) is 0 Å². The zero-order valence-electron chi connectivity index (χ0n) is 19.3. The molecule has 1 N–H and O–H groups in total. The number of esters is 1. The number of ketones is 1. The Kier molecular flexibility index (Phi) is 7.93. The van der Waals surface area contributed by atoms with Crippen molar-refractivity contribution in [2.45, 2.75) is 18.2 Å². The second-order valence-corrected chi connectivity index (χ2v) is 9.84. The van der Waals surface area contributed by atoms with E-state index in [4.69, 9.17) is 35.1 Å². The number of benzene rings is 1. The maximum absolute atomic E-state index is 13.3. The maximum Gasteiger partial charge on any atom is 0.338 e. The summed E-state index contributed by atoms with van der Waals surface area (Å²) in [4.78, 5) is 25.4. The molecule has 3 aromatic rings. The fourth-order valence-electron chi connectivity index (χ4n) is 3.24. The van der Waals surface area contributed by atoms with Crippen LogP contribution in [-0.2, 0) is 21.2 Å². The second-order valence-electron chi connectivity index (χ2n) is 6.89. The molecular weight excluding hydrogens is 524 g/mol. The minimum absolute atomic E-state index is 0.00152. The van der Waals surface area contributed by atoms with Gasteiger partial charge in [-0.15, -0.1) is 11.3 Å². The van der Waals surface area contributed by atoms with Gasteiger partial charge in [0.05, 0.1) is 38.9 Å². The molecule has 35 heavy (non-hydrogen) atoms. The highest BCUT2D eigenvalue weighted by molar-refractivity contribution is 7.93. The molecule has 0 aliphatic rings. The molecule has 0 saturated heterocycles. The summed E-state index contributed by atoms with van der Waals surface area (Å²) in [5, 5.41) is 5.04. The van der Waals surface area contributed by atoms with Gasteiger partial charge in [0.25, 0.3) is 15.9 Å². The number of hydrogen-bond donors (Lipinski definition) is 1. The minimum Gasteiger partial charge on any atom is -0.493 e. The van der Waals surface area contributed by atoms with Crippen LogP contribution >= 0.6 is 22.9 Å². The van der Waals surface area contributed by atoms with E-state index in [1.165, 1.54) is 46.0 Å². The van der Waals surface area contributed by atoms with Gasteiger partial charge in [0.15, 0.2) is 17.3 Å². The number of ether oxygens (including phenoxy) is 4. The maximum atomic E-state index is 13.3. The van der Waals surface area contributed by atoms with E-state index in [2.05, 4.69) is 9.88 Å². The van der Waals surface area contributed by atoms with E-state index >= 15 is 0 Å². The number of methoxy groups -OCH3 is 4. The molecule has 0 saturated carbocycles. The summed E-state index contributed by atoms with van der Waals surface area (Å²) in [6.07, 6.45) is -0.404. The molecule has 0 unspecified atom stereocenters. The lowest BCUT2D eigenvalue weighted by atomic mass is 9.99. The molecule has 0 fully saturated rings. The van der Waals surface area contributed by atoms with Gasteiger partial charge in [0.2, 0.25) is 5.75 Å². The number of nitrogens with one attached hydrogen (secondary N) is 1. The standard InChI is InChI=1S/C21H21ClN2O9S2/c1-10-16(22)20(33-23-10)24-35(27,28)15-6-7-34-19(15)13(25)8-11-12(21(26)32-5)9-14(29-2)18(31-4)17(11)30-3/h6-7,9,24H,8H2,1-5H3. The Labute approximate surface area is 209 Å². The number of aromatic nitrogens is 1. The molecular formula is C21H21ClN2O9S2. The van der Waals surface area contributed by atoms with E-state index < -0.39 is 28.2 Å². The van der Waals surface area contributed by atoms with Gasteiger partial charge < -0.3 is 23.5 Å². The van der Waals surface area contributed by atoms with Gasteiger partial charge in [-0.1, -0.05) is 16.8 Å². The van der Waals surface area contributed by atoms with Crippen molar-refractivity contribution in [2.24, 2.45) is 0 Å². The summed E-state index contributed by atoms with van der Waals surface area (Å²) < 4.78 is 54.0. The molecule has 14 heteroatoms. The molecule has 2 heterocycles. The third-order valence-corrected chi connectivity index (χ3v) is 7.77. The number of Topliss-reactive ketones (excluding diaryl/α,β-unsaturated/α-hetero) is 1. The largest absolute Gasteiger partial charge is 0.493 e.